The molecule has 0 bridgehead atoms. The Balaban J connectivity index is 1.74. The van der Waals surface area contributed by atoms with Gasteiger partial charge in [0.15, 0.2) is 0 Å². The average Bonchev–Trinajstić information content (AvgIpc) is 2.89. The summed E-state index contributed by atoms with van der Waals surface area (Å²) >= 11 is 0. The average molecular weight is 296 g/mol. The lowest BCUT2D eigenvalue weighted by Crippen LogP contribution is -2.44. The number of aliphatic hydroxyl groups is 1. The van der Waals surface area contributed by atoms with Gasteiger partial charge in [0.2, 0.25) is 5.91 Å². The van der Waals surface area contributed by atoms with Crippen LogP contribution in [0.1, 0.15) is 18.4 Å². The molecular formula is C15H21FN2O3. The van der Waals surface area contributed by atoms with Gasteiger partial charge in [-0.1, -0.05) is 18.2 Å². The number of hydrogen-bond donors (Lipinski definition) is 2. The molecule has 0 saturated carbocycles. The lowest BCUT2D eigenvalue weighted by Gasteiger charge is -2.24. The van der Waals surface area contributed by atoms with Gasteiger partial charge in [0.1, 0.15) is 5.82 Å². The summed E-state index contributed by atoms with van der Waals surface area (Å²) in [6, 6.07) is 6.07. The molecule has 21 heavy (non-hydrogen) atoms. The summed E-state index contributed by atoms with van der Waals surface area (Å²) in [5.41, 5.74) is 5.78. The first-order chi connectivity index (χ1) is 10.1. The Labute approximate surface area is 123 Å². The van der Waals surface area contributed by atoms with E-state index >= 15 is 0 Å². The van der Waals surface area contributed by atoms with Gasteiger partial charge in [-0.3, -0.25) is 9.69 Å². The minimum Gasteiger partial charge on any atom is -0.389 e. The Hall–Kier alpha value is -1.50. The minimum atomic E-state index is -0.725. The zero-order valence-electron chi connectivity index (χ0n) is 11.9. The van der Waals surface area contributed by atoms with Gasteiger partial charge in [-0.25, -0.2) is 4.39 Å². The van der Waals surface area contributed by atoms with E-state index in [2.05, 4.69) is 0 Å². The summed E-state index contributed by atoms with van der Waals surface area (Å²) in [7, 11) is 0. The van der Waals surface area contributed by atoms with E-state index in [1.54, 1.807) is 18.2 Å². The van der Waals surface area contributed by atoms with E-state index in [1.165, 1.54) is 6.07 Å². The number of nitrogens with two attached hydrogens (primary N) is 1. The lowest BCUT2D eigenvalue weighted by molar-refractivity contribution is -0.122. The van der Waals surface area contributed by atoms with Crippen LogP contribution in [0.4, 0.5) is 4.39 Å². The fraction of sp³-hybridized carbons (Fsp3) is 0.533. The third kappa shape index (κ3) is 4.49. The van der Waals surface area contributed by atoms with Crippen molar-refractivity contribution in [3.05, 3.63) is 35.6 Å². The van der Waals surface area contributed by atoms with Crippen molar-refractivity contribution in [2.24, 2.45) is 5.73 Å². The summed E-state index contributed by atoms with van der Waals surface area (Å²) in [6.45, 7) is 1.29. The van der Waals surface area contributed by atoms with Gasteiger partial charge >= 0.3 is 0 Å². The van der Waals surface area contributed by atoms with Crippen LogP contribution in [0.2, 0.25) is 0 Å². The number of ether oxygens (including phenoxy) is 1. The molecule has 1 amide bonds. The Morgan fingerprint density at radius 1 is 1.52 bits per heavy atom. The number of nitrogens with zero attached hydrogens (tertiary/aromatic N) is 1. The molecule has 1 aromatic carbocycles. The highest BCUT2D eigenvalue weighted by Crippen LogP contribution is 2.17. The first kappa shape index (κ1) is 15.9. The van der Waals surface area contributed by atoms with E-state index in [0.717, 1.165) is 19.4 Å². The number of rotatable bonds is 7. The molecule has 0 radical (unpaired) electrons. The van der Waals surface area contributed by atoms with Crippen molar-refractivity contribution in [3.8, 4) is 0 Å². The number of β-amino-alcohol motifs (C(OH)–C–C–N with tert-alkyl or cyclic N) is 1. The molecule has 1 fully saturated rings. The van der Waals surface area contributed by atoms with Crippen LogP contribution in [0.25, 0.3) is 0 Å². The van der Waals surface area contributed by atoms with Crippen LogP contribution < -0.4 is 5.73 Å². The van der Waals surface area contributed by atoms with Crippen LogP contribution in [0.15, 0.2) is 24.3 Å². The molecule has 5 nitrogen and oxygen atoms in total. The first-order valence-corrected chi connectivity index (χ1v) is 7.10. The Morgan fingerprint density at radius 2 is 2.29 bits per heavy atom. The topological polar surface area (TPSA) is 75.8 Å². The number of carbonyl (C=O) groups is 1. The molecule has 0 aliphatic carbocycles. The zero-order valence-corrected chi connectivity index (χ0v) is 11.9. The summed E-state index contributed by atoms with van der Waals surface area (Å²) in [5, 5.41) is 9.94. The maximum atomic E-state index is 13.4. The van der Waals surface area contributed by atoms with E-state index < -0.39 is 6.10 Å². The normalized spacial score (nSPS) is 20.6. The van der Waals surface area contributed by atoms with Crippen molar-refractivity contribution in [1.29, 1.82) is 0 Å². The van der Waals surface area contributed by atoms with Gasteiger partial charge in [-0.15, -0.1) is 0 Å². The van der Waals surface area contributed by atoms with Crippen molar-refractivity contribution in [1.82, 2.24) is 4.90 Å². The van der Waals surface area contributed by atoms with Crippen LogP contribution in [0.5, 0.6) is 0 Å². The van der Waals surface area contributed by atoms with E-state index in [9.17, 15) is 14.3 Å². The monoisotopic (exact) mass is 296 g/mol. The number of halogens is 1. The molecule has 2 atom stereocenters. The second-order valence-electron chi connectivity index (χ2n) is 5.32. The highest BCUT2D eigenvalue weighted by Gasteiger charge is 2.30. The minimum absolute atomic E-state index is 0.0936. The molecule has 1 aliphatic rings. The van der Waals surface area contributed by atoms with Crippen molar-refractivity contribution >= 4 is 5.91 Å². The Morgan fingerprint density at radius 3 is 3.00 bits per heavy atom. The number of amides is 1. The largest absolute Gasteiger partial charge is 0.389 e. The Bertz CT molecular complexity index is 484. The van der Waals surface area contributed by atoms with Crippen molar-refractivity contribution in [2.75, 3.05) is 19.7 Å². The van der Waals surface area contributed by atoms with Crippen LogP contribution >= 0.6 is 0 Å². The molecule has 2 rings (SSSR count). The van der Waals surface area contributed by atoms with E-state index in [-0.39, 0.29) is 31.0 Å². The molecule has 1 aromatic rings. The molecule has 1 heterocycles. The van der Waals surface area contributed by atoms with Crippen LogP contribution in [0.3, 0.4) is 0 Å². The van der Waals surface area contributed by atoms with Gasteiger partial charge in [0.25, 0.3) is 0 Å². The lowest BCUT2D eigenvalue weighted by atomic mass is 10.2. The third-order valence-corrected chi connectivity index (χ3v) is 3.66. The summed E-state index contributed by atoms with van der Waals surface area (Å²) in [5.74, 6) is -0.674. The van der Waals surface area contributed by atoms with Crippen molar-refractivity contribution in [2.45, 2.75) is 31.6 Å². The highest BCUT2D eigenvalue weighted by molar-refractivity contribution is 5.80. The number of primary amides is 1. The molecule has 3 N–H and O–H groups in total. The van der Waals surface area contributed by atoms with Crippen LogP contribution in [-0.2, 0) is 16.1 Å². The first-order valence-electron chi connectivity index (χ1n) is 7.10. The molecule has 2 unspecified atom stereocenters. The van der Waals surface area contributed by atoms with Crippen LogP contribution in [0, 0.1) is 5.82 Å². The third-order valence-electron chi connectivity index (χ3n) is 3.66. The number of benzene rings is 1. The fourth-order valence-corrected chi connectivity index (χ4v) is 2.61. The number of likely N-dealkylation sites (tertiary alicyclic amines) is 1. The van der Waals surface area contributed by atoms with E-state index in [1.807, 2.05) is 4.90 Å². The van der Waals surface area contributed by atoms with E-state index in [0.29, 0.717) is 12.1 Å². The molecule has 0 aromatic heterocycles. The summed E-state index contributed by atoms with van der Waals surface area (Å²) in [6.07, 6.45) is 0.908. The standard InChI is InChI=1S/C15H21FN2O3/c16-13-5-2-1-4-11(13)9-21-10-12(19)8-18-7-3-6-14(18)15(17)20/h1-2,4-5,12,14,19H,3,6-10H2,(H2,17,20). The van der Waals surface area contributed by atoms with Crippen LogP contribution in [-0.4, -0.2) is 47.8 Å². The maximum Gasteiger partial charge on any atom is 0.234 e. The quantitative estimate of drug-likeness (QED) is 0.775. The maximum absolute atomic E-state index is 13.4. The predicted octanol–water partition coefficient (Wildman–Crippen LogP) is 0.653. The smallest absolute Gasteiger partial charge is 0.234 e. The fourth-order valence-electron chi connectivity index (χ4n) is 2.61. The molecular weight excluding hydrogens is 275 g/mol. The van der Waals surface area contributed by atoms with Gasteiger partial charge < -0.3 is 15.6 Å². The van der Waals surface area contributed by atoms with E-state index in [4.69, 9.17) is 10.5 Å². The zero-order chi connectivity index (χ0) is 15.2. The van der Waals surface area contributed by atoms with Gasteiger partial charge in [0.05, 0.1) is 25.4 Å². The number of aliphatic hydroxyl groups excluding tert-OH is 1. The van der Waals surface area contributed by atoms with Crippen molar-refractivity contribution in [3.63, 3.8) is 0 Å². The summed E-state index contributed by atoms with van der Waals surface area (Å²) < 4.78 is 18.7. The van der Waals surface area contributed by atoms with Crippen molar-refractivity contribution < 1.29 is 19.0 Å². The number of carbonyl (C=O) groups excluding carboxylic acids is 1. The SMILES string of the molecule is NC(=O)C1CCCN1CC(O)COCc1ccccc1F. The van der Waals surface area contributed by atoms with Gasteiger partial charge in [0, 0.05) is 12.1 Å². The van der Waals surface area contributed by atoms with Gasteiger partial charge in [-0.2, -0.15) is 0 Å². The van der Waals surface area contributed by atoms with Gasteiger partial charge in [-0.05, 0) is 25.5 Å². The number of hydrogen-bond acceptors (Lipinski definition) is 4. The molecule has 1 aliphatic heterocycles. The highest BCUT2D eigenvalue weighted by atomic mass is 19.1. The predicted molar refractivity (Wildman–Crippen MR) is 75.9 cm³/mol. The molecule has 1 saturated heterocycles. The molecule has 6 heteroatoms. The second kappa shape index (κ2) is 7.49. The molecule has 0 spiro atoms. The summed E-state index contributed by atoms with van der Waals surface area (Å²) in [4.78, 5) is 13.1. The second-order valence-corrected chi connectivity index (χ2v) is 5.32. The molecule has 116 valence electrons. The Kier molecular flexibility index (Phi) is 5.67.